The second-order valence-corrected chi connectivity index (χ2v) is 6.72. The van der Waals surface area contributed by atoms with Crippen LogP contribution in [0, 0.1) is 0 Å². The van der Waals surface area contributed by atoms with Crippen LogP contribution in [0.4, 0.5) is 0 Å². The van der Waals surface area contributed by atoms with E-state index in [1.807, 2.05) is 47.2 Å². The van der Waals surface area contributed by atoms with Crippen LogP contribution in [-0.2, 0) is 16.6 Å². The molecule has 0 unspecified atom stereocenters. The highest BCUT2D eigenvalue weighted by Gasteiger charge is 2.09. The van der Waals surface area contributed by atoms with Crippen LogP contribution in [0.3, 0.4) is 0 Å². The van der Waals surface area contributed by atoms with E-state index >= 15 is 0 Å². The van der Waals surface area contributed by atoms with E-state index in [0.717, 1.165) is 22.5 Å². The third kappa shape index (κ3) is 3.19. The van der Waals surface area contributed by atoms with Gasteiger partial charge in [-0.2, -0.15) is 0 Å². The molecule has 118 valence electrons. The lowest BCUT2D eigenvalue weighted by Crippen LogP contribution is -2.12. The summed E-state index contributed by atoms with van der Waals surface area (Å²) >= 11 is 0. The largest absolute Gasteiger partial charge is 0.392 e. The van der Waals surface area contributed by atoms with Crippen molar-refractivity contribution in [3.05, 3.63) is 72.4 Å². The molecular weight excluding hydrogens is 312 g/mol. The number of hydrogen-bond donors (Lipinski definition) is 2. The van der Waals surface area contributed by atoms with Gasteiger partial charge in [0.1, 0.15) is 0 Å². The van der Waals surface area contributed by atoms with Gasteiger partial charge in [-0.25, -0.2) is 13.6 Å². The molecule has 0 aliphatic rings. The van der Waals surface area contributed by atoms with Gasteiger partial charge in [0, 0.05) is 11.9 Å². The maximum atomic E-state index is 11.3. The number of aliphatic hydroxyl groups is 1. The van der Waals surface area contributed by atoms with Crippen molar-refractivity contribution in [2.75, 3.05) is 0 Å². The second-order valence-electron chi connectivity index (χ2n) is 5.16. The van der Waals surface area contributed by atoms with Crippen molar-refractivity contribution in [2.45, 2.75) is 11.5 Å². The van der Waals surface area contributed by atoms with Gasteiger partial charge in [-0.15, -0.1) is 0 Å². The average molecular weight is 328 g/mol. The Kier molecular flexibility index (Phi) is 4.04. The average Bonchev–Trinajstić information content (AvgIpc) is 3.04. The smallest absolute Gasteiger partial charge is 0.238 e. The van der Waals surface area contributed by atoms with Gasteiger partial charge in [0.25, 0.3) is 0 Å². The number of nitrogens with zero attached hydrogens (tertiary/aromatic N) is 1. The van der Waals surface area contributed by atoms with Crippen molar-refractivity contribution < 1.29 is 13.5 Å². The summed E-state index contributed by atoms with van der Waals surface area (Å²) < 4.78 is 24.6. The Morgan fingerprint density at radius 2 is 1.61 bits per heavy atom. The van der Waals surface area contributed by atoms with Gasteiger partial charge in [-0.3, -0.25) is 0 Å². The summed E-state index contributed by atoms with van der Waals surface area (Å²) in [5, 5.41) is 14.2. The zero-order chi connectivity index (χ0) is 16.4. The van der Waals surface area contributed by atoms with Crippen LogP contribution in [0.2, 0.25) is 0 Å². The molecule has 0 atom stereocenters. The van der Waals surface area contributed by atoms with Crippen molar-refractivity contribution in [2.24, 2.45) is 5.14 Å². The zero-order valence-electron chi connectivity index (χ0n) is 12.3. The lowest BCUT2D eigenvalue weighted by Gasteiger charge is -2.10. The summed E-state index contributed by atoms with van der Waals surface area (Å²) in [6.45, 7) is 0.0102. The molecule has 2 aromatic carbocycles. The topological polar surface area (TPSA) is 85.3 Å². The molecule has 0 saturated heterocycles. The molecular formula is C17H16N2O3S. The first-order valence-corrected chi connectivity index (χ1v) is 8.54. The second kappa shape index (κ2) is 6.00. The molecule has 1 aromatic heterocycles. The molecule has 0 saturated carbocycles. The summed E-state index contributed by atoms with van der Waals surface area (Å²) in [5.74, 6) is 0. The van der Waals surface area contributed by atoms with Crippen molar-refractivity contribution in [1.82, 2.24) is 4.57 Å². The van der Waals surface area contributed by atoms with Crippen LogP contribution in [0.1, 0.15) is 5.56 Å². The summed E-state index contributed by atoms with van der Waals surface area (Å²) in [6, 6.07) is 17.9. The molecule has 3 rings (SSSR count). The molecule has 1 heterocycles. The van der Waals surface area contributed by atoms with E-state index in [1.165, 1.54) is 12.1 Å². The number of aliphatic hydroxyl groups excluding tert-OH is 1. The van der Waals surface area contributed by atoms with E-state index in [-0.39, 0.29) is 11.5 Å². The molecule has 3 aromatic rings. The number of benzene rings is 2. The van der Waals surface area contributed by atoms with Gasteiger partial charge in [0.15, 0.2) is 0 Å². The number of hydrogen-bond acceptors (Lipinski definition) is 3. The van der Waals surface area contributed by atoms with Crippen molar-refractivity contribution in [3.8, 4) is 16.9 Å². The Labute approximate surface area is 134 Å². The van der Waals surface area contributed by atoms with Crippen molar-refractivity contribution >= 4 is 10.0 Å². The minimum atomic E-state index is -3.69. The summed E-state index contributed by atoms with van der Waals surface area (Å²) in [5.41, 5.74) is 3.66. The summed E-state index contributed by atoms with van der Waals surface area (Å²) in [7, 11) is -3.69. The van der Waals surface area contributed by atoms with Crippen LogP contribution in [0.5, 0.6) is 0 Å². The first-order chi connectivity index (χ1) is 11.0. The van der Waals surface area contributed by atoms with Gasteiger partial charge < -0.3 is 9.67 Å². The standard InChI is InChI=1S/C17H16N2O3S/c18-23(21,22)16-9-7-15(8-10-16)19-11-1-2-17(19)14-5-3-13(12-20)4-6-14/h1-11,20H,12H2,(H2,18,21,22). The molecule has 0 bridgehead atoms. The number of sulfonamides is 1. The Hall–Kier alpha value is -2.41. The monoisotopic (exact) mass is 328 g/mol. The molecule has 3 N–H and O–H groups in total. The predicted octanol–water partition coefficient (Wildman–Crippen LogP) is 2.28. The molecule has 0 radical (unpaired) electrons. The number of aromatic nitrogens is 1. The fourth-order valence-electron chi connectivity index (χ4n) is 2.42. The molecule has 23 heavy (non-hydrogen) atoms. The molecule has 0 spiro atoms. The maximum Gasteiger partial charge on any atom is 0.238 e. The third-order valence-corrected chi connectivity index (χ3v) is 4.55. The molecule has 6 heteroatoms. The van der Waals surface area contributed by atoms with Crippen LogP contribution >= 0.6 is 0 Å². The van der Waals surface area contributed by atoms with Crippen LogP contribution in [-0.4, -0.2) is 18.1 Å². The maximum absolute atomic E-state index is 11.3. The van der Waals surface area contributed by atoms with Gasteiger partial charge in [-0.05, 0) is 47.5 Å². The quantitative estimate of drug-likeness (QED) is 0.770. The molecule has 0 aliphatic heterocycles. The number of rotatable bonds is 4. The highest BCUT2D eigenvalue weighted by molar-refractivity contribution is 7.89. The van der Waals surface area contributed by atoms with Crippen molar-refractivity contribution in [1.29, 1.82) is 0 Å². The highest BCUT2D eigenvalue weighted by atomic mass is 32.2. The Bertz CT molecular complexity index is 911. The van der Waals surface area contributed by atoms with Gasteiger partial charge in [-0.1, -0.05) is 24.3 Å². The van der Waals surface area contributed by atoms with E-state index in [4.69, 9.17) is 10.2 Å². The number of nitrogens with two attached hydrogens (primary N) is 1. The van der Waals surface area contributed by atoms with E-state index in [2.05, 4.69) is 0 Å². The molecule has 0 aliphatic carbocycles. The third-order valence-electron chi connectivity index (χ3n) is 3.62. The Balaban J connectivity index is 2.00. The molecule has 0 fully saturated rings. The summed E-state index contributed by atoms with van der Waals surface area (Å²) in [6.07, 6.45) is 1.90. The highest BCUT2D eigenvalue weighted by Crippen LogP contribution is 2.25. The predicted molar refractivity (Wildman–Crippen MR) is 88.5 cm³/mol. The first-order valence-electron chi connectivity index (χ1n) is 7.00. The van der Waals surface area contributed by atoms with Gasteiger partial charge in [0.05, 0.1) is 17.2 Å². The Morgan fingerprint density at radius 3 is 2.17 bits per heavy atom. The normalized spacial score (nSPS) is 11.6. The first kappa shape index (κ1) is 15.5. The van der Waals surface area contributed by atoms with Crippen molar-refractivity contribution in [3.63, 3.8) is 0 Å². The number of primary sulfonamides is 1. The van der Waals surface area contributed by atoms with Gasteiger partial charge >= 0.3 is 0 Å². The van der Waals surface area contributed by atoms with E-state index < -0.39 is 10.0 Å². The molecule has 0 amide bonds. The van der Waals surface area contributed by atoms with E-state index in [1.54, 1.807) is 12.1 Å². The summed E-state index contributed by atoms with van der Waals surface area (Å²) in [4.78, 5) is 0.0854. The van der Waals surface area contributed by atoms with E-state index in [0.29, 0.717) is 0 Å². The van der Waals surface area contributed by atoms with Crippen LogP contribution < -0.4 is 5.14 Å². The van der Waals surface area contributed by atoms with E-state index in [9.17, 15) is 8.42 Å². The van der Waals surface area contributed by atoms with Crippen LogP contribution in [0.25, 0.3) is 16.9 Å². The lowest BCUT2D eigenvalue weighted by molar-refractivity contribution is 0.282. The minimum absolute atomic E-state index is 0.0102. The fourth-order valence-corrected chi connectivity index (χ4v) is 2.93. The zero-order valence-corrected chi connectivity index (χ0v) is 13.1. The fraction of sp³-hybridized carbons (Fsp3) is 0.0588. The minimum Gasteiger partial charge on any atom is -0.392 e. The lowest BCUT2D eigenvalue weighted by atomic mass is 10.1. The molecule has 5 nitrogen and oxygen atoms in total. The van der Waals surface area contributed by atoms with Crippen LogP contribution in [0.15, 0.2) is 71.8 Å². The SMILES string of the molecule is NS(=O)(=O)c1ccc(-n2cccc2-c2ccc(CO)cc2)cc1. The Morgan fingerprint density at radius 1 is 0.957 bits per heavy atom. The van der Waals surface area contributed by atoms with Gasteiger partial charge in [0.2, 0.25) is 10.0 Å².